The molecule has 1 N–H and O–H groups in total. The summed E-state index contributed by atoms with van der Waals surface area (Å²) >= 11 is 1.44. The number of amides is 1. The molecule has 0 saturated carbocycles. The van der Waals surface area contributed by atoms with Gasteiger partial charge in [0.1, 0.15) is 17.1 Å². The number of aromatic nitrogens is 1. The number of nitrogens with zero attached hydrogens (tertiary/aromatic N) is 1. The second-order valence-corrected chi connectivity index (χ2v) is 11.3. The molecule has 9 heteroatoms. The zero-order valence-electron chi connectivity index (χ0n) is 24.5. The SMILES string of the molecule is C=CCCOc1cc(Oc2cc3c(cc2OC)CCC[C@]3(C)CC(=O)Nc2nc(CCC=C)cs2)ccc1C(=O)OC. The number of ether oxygens (including phenoxy) is 4. The summed E-state index contributed by atoms with van der Waals surface area (Å²) in [4.78, 5) is 30.0. The first-order valence-corrected chi connectivity index (χ1v) is 14.9. The highest BCUT2D eigenvalue weighted by Gasteiger charge is 2.36. The molecule has 2 aromatic carbocycles. The van der Waals surface area contributed by atoms with Gasteiger partial charge in [0, 0.05) is 23.3 Å². The van der Waals surface area contributed by atoms with Crippen LogP contribution in [0.25, 0.3) is 0 Å². The highest BCUT2D eigenvalue weighted by molar-refractivity contribution is 7.13. The van der Waals surface area contributed by atoms with Gasteiger partial charge >= 0.3 is 5.97 Å². The van der Waals surface area contributed by atoms with Crippen LogP contribution in [0.1, 0.15) is 66.2 Å². The average Bonchev–Trinajstić information content (AvgIpc) is 3.42. The molecule has 0 spiro atoms. The van der Waals surface area contributed by atoms with Gasteiger partial charge in [0.2, 0.25) is 5.91 Å². The lowest BCUT2D eigenvalue weighted by molar-refractivity contribution is -0.117. The molecule has 1 aliphatic rings. The van der Waals surface area contributed by atoms with Crippen LogP contribution in [0.4, 0.5) is 5.13 Å². The van der Waals surface area contributed by atoms with Crippen LogP contribution in [-0.4, -0.2) is 37.7 Å². The van der Waals surface area contributed by atoms with Crippen molar-refractivity contribution in [3.8, 4) is 23.0 Å². The minimum Gasteiger partial charge on any atom is -0.493 e. The van der Waals surface area contributed by atoms with Gasteiger partial charge in [-0.3, -0.25) is 4.79 Å². The third-order valence-corrected chi connectivity index (χ3v) is 8.14. The van der Waals surface area contributed by atoms with E-state index in [4.69, 9.17) is 18.9 Å². The van der Waals surface area contributed by atoms with E-state index in [1.54, 1.807) is 31.4 Å². The van der Waals surface area contributed by atoms with Gasteiger partial charge in [0.25, 0.3) is 0 Å². The highest BCUT2D eigenvalue weighted by Crippen LogP contribution is 2.45. The van der Waals surface area contributed by atoms with Crippen molar-refractivity contribution in [3.05, 3.63) is 83.4 Å². The van der Waals surface area contributed by atoms with E-state index in [1.807, 2.05) is 23.6 Å². The molecule has 1 atom stereocenters. The Morgan fingerprint density at radius 1 is 1.10 bits per heavy atom. The van der Waals surface area contributed by atoms with E-state index in [-0.39, 0.29) is 5.91 Å². The smallest absolute Gasteiger partial charge is 0.341 e. The van der Waals surface area contributed by atoms with E-state index >= 15 is 0 Å². The molecule has 0 saturated heterocycles. The van der Waals surface area contributed by atoms with Crippen LogP contribution in [0.15, 0.2) is 61.0 Å². The third-order valence-electron chi connectivity index (χ3n) is 7.33. The standard InChI is InChI=1S/C33H38N2O6S/c1-6-8-12-23-21-42-32(34-23)35-30(36)20-33(3)15-10-11-22-17-28(38-4)29(19-26(22)33)41-24-13-14-25(31(37)39-5)27(18-24)40-16-9-7-2/h6-7,13-14,17-19,21H,1-2,8-12,15-16,20H2,3-5H3,(H,34,35,36)/t33-/m1/s1. The summed E-state index contributed by atoms with van der Waals surface area (Å²) in [6, 6.07) is 8.94. The van der Waals surface area contributed by atoms with E-state index in [9.17, 15) is 9.59 Å². The maximum absolute atomic E-state index is 13.2. The minimum absolute atomic E-state index is 0.0760. The summed E-state index contributed by atoms with van der Waals surface area (Å²) in [6.45, 7) is 9.95. The number of benzene rings is 2. The predicted octanol–water partition coefficient (Wildman–Crippen LogP) is 7.43. The van der Waals surface area contributed by atoms with E-state index in [1.165, 1.54) is 18.4 Å². The average molecular weight is 591 g/mol. The molecule has 42 heavy (non-hydrogen) atoms. The van der Waals surface area contributed by atoms with Gasteiger partial charge in [0.05, 0.1) is 26.5 Å². The van der Waals surface area contributed by atoms with Crippen LogP contribution in [0.2, 0.25) is 0 Å². The number of fused-ring (bicyclic) bond motifs is 1. The van der Waals surface area contributed by atoms with Crippen molar-refractivity contribution < 1.29 is 28.5 Å². The Bertz CT molecular complexity index is 1450. The summed E-state index contributed by atoms with van der Waals surface area (Å²) < 4.78 is 22.8. The quantitative estimate of drug-likeness (QED) is 0.119. The van der Waals surface area contributed by atoms with Crippen LogP contribution in [-0.2, 0) is 27.8 Å². The Hall–Kier alpha value is -4.11. The Labute approximate surface area is 251 Å². The van der Waals surface area contributed by atoms with Crippen LogP contribution in [0.3, 0.4) is 0 Å². The Kier molecular flexibility index (Phi) is 10.4. The van der Waals surface area contributed by atoms with Gasteiger partial charge in [-0.1, -0.05) is 19.1 Å². The second-order valence-electron chi connectivity index (χ2n) is 10.4. The number of thiazole rings is 1. The summed E-state index contributed by atoms with van der Waals surface area (Å²) in [5.41, 5.74) is 3.04. The van der Waals surface area contributed by atoms with Crippen LogP contribution in [0.5, 0.6) is 23.0 Å². The first kappa shape index (κ1) is 30.8. The van der Waals surface area contributed by atoms with Gasteiger partial charge < -0.3 is 24.3 Å². The molecule has 1 aromatic heterocycles. The molecule has 1 amide bonds. The number of carbonyl (C=O) groups is 2. The molecule has 4 rings (SSSR count). The first-order valence-electron chi connectivity index (χ1n) is 14.0. The lowest BCUT2D eigenvalue weighted by Gasteiger charge is -2.36. The number of methoxy groups -OCH3 is 2. The number of nitrogens with one attached hydrogen (secondary N) is 1. The first-order chi connectivity index (χ1) is 20.3. The number of esters is 1. The van der Waals surface area contributed by atoms with Crippen molar-refractivity contribution in [1.82, 2.24) is 4.98 Å². The van der Waals surface area contributed by atoms with E-state index in [2.05, 4.69) is 30.4 Å². The van der Waals surface area contributed by atoms with Crippen molar-refractivity contribution in [1.29, 1.82) is 0 Å². The Morgan fingerprint density at radius 3 is 2.64 bits per heavy atom. The van der Waals surface area contributed by atoms with E-state index in [0.717, 1.165) is 48.9 Å². The molecule has 0 unspecified atom stereocenters. The molecular weight excluding hydrogens is 552 g/mol. The van der Waals surface area contributed by atoms with Gasteiger partial charge in [-0.2, -0.15) is 0 Å². The van der Waals surface area contributed by atoms with Gasteiger partial charge in [0.15, 0.2) is 16.6 Å². The molecular formula is C33H38N2O6S. The van der Waals surface area contributed by atoms with Gasteiger partial charge in [-0.15, -0.1) is 24.5 Å². The lowest BCUT2D eigenvalue weighted by Crippen LogP contribution is -2.32. The number of anilines is 1. The maximum Gasteiger partial charge on any atom is 0.341 e. The number of allylic oxidation sites excluding steroid dienone is 1. The summed E-state index contributed by atoms with van der Waals surface area (Å²) in [5, 5.41) is 5.58. The largest absolute Gasteiger partial charge is 0.493 e. The number of hydrogen-bond acceptors (Lipinski definition) is 8. The van der Waals surface area contributed by atoms with Crippen molar-refractivity contribution in [3.63, 3.8) is 0 Å². The molecule has 0 bridgehead atoms. The van der Waals surface area contributed by atoms with E-state index < -0.39 is 11.4 Å². The monoisotopic (exact) mass is 590 g/mol. The summed E-state index contributed by atoms with van der Waals surface area (Å²) in [5.74, 6) is 1.35. The summed E-state index contributed by atoms with van der Waals surface area (Å²) in [6.07, 6.45) is 8.89. The fourth-order valence-electron chi connectivity index (χ4n) is 5.19. The maximum atomic E-state index is 13.2. The van der Waals surface area contributed by atoms with Crippen molar-refractivity contribution >= 4 is 28.3 Å². The predicted molar refractivity (Wildman–Crippen MR) is 165 cm³/mol. The van der Waals surface area contributed by atoms with E-state index in [0.29, 0.717) is 53.1 Å². The zero-order chi connectivity index (χ0) is 30.1. The molecule has 8 nitrogen and oxygen atoms in total. The molecule has 0 radical (unpaired) electrons. The van der Waals surface area contributed by atoms with Crippen LogP contribution < -0.4 is 19.5 Å². The summed E-state index contributed by atoms with van der Waals surface area (Å²) in [7, 11) is 2.93. The third kappa shape index (κ3) is 7.39. The fourth-order valence-corrected chi connectivity index (χ4v) is 5.95. The van der Waals surface area contributed by atoms with Crippen molar-refractivity contribution in [2.24, 2.45) is 0 Å². The Balaban J connectivity index is 1.58. The minimum atomic E-state index is -0.499. The van der Waals surface area contributed by atoms with Crippen LogP contribution in [0, 0.1) is 0 Å². The van der Waals surface area contributed by atoms with Gasteiger partial charge in [-0.25, -0.2) is 9.78 Å². The number of hydrogen-bond donors (Lipinski definition) is 1. The second kappa shape index (κ2) is 14.2. The fraction of sp³-hybridized carbons (Fsp3) is 0.364. The highest BCUT2D eigenvalue weighted by atomic mass is 32.1. The molecule has 3 aromatic rings. The Morgan fingerprint density at radius 2 is 1.90 bits per heavy atom. The molecule has 0 fully saturated rings. The lowest BCUT2D eigenvalue weighted by atomic mass is 9.69. The number of aryl methyl sites for hydroxylation is 2. The number of rotatable bonds is 14. The van der Waals surface area contributed by atoms with Crippen molar-refractivity contribution in [2.45, 2.75) is 57.3 Å². The topological polar surface area (TPSA) is 96.0 Å². The molecule has 1 aliphatic carbocycles. The molecule has 1 heterocycles. The molecule has 222 valence electrons. The zero-order valence-corrected chi connectivity index (χ0v) is 25.3. The van der Waals surface area contributed by atoms with Gasteiger partial charge in [-0.05, 0) is 73.9 Å². The van der Waals surface area contributed by atoms with Crippen molar-refractivity contribution in [2.75, 3.05) is 26.1 Å². The van der Waals surface area contributed by atoms with Crippen LogP contribution >= 0.6 is 11.3 Å². The number of carbonyl (C=O) groups excluding carboxylic acids is 2. The molecule has 0 aliphatic heterocycles. The normalized spacial score (nSPS) is 15.7.